The third kappa shape index (κ3) is 4.15. The van der Waals surface area contributed by atoms with E-state index in [2.05, 4.69) is 5.32 Å². The quantitative estimate of drug-likeness (QED) is 0.862. The highest BCUT2D eigenvalue weighted by Crippen LogP contribution is 2.40. The van der Waals surface area contributed by atoms with Crippen LogP contribution in [0.15, 0.2) is 42.5 Å². The summed E-state index contributed by atoms with van der Waals surface area (Å²) >= 11 is 0. The zero-order valence-electron chi connectivity index (χ0n) is 15.2. The largest absolute Gasteiger partial charge is 0.493 e. The van der Waals surface area contributed by atoms with Gasteiger partial charge in [-0.25, -0.2) is 4.79 Å². The van der Waals surface area contributed by atoms with Crippen molar-refractivity contribution in [2.45, 2.75) is 13.0 Å². The number of hydrogen-bond acceptors (Lipinski definition) is 4. The molecule has 1 N–H and O–H groups in total. The Morgan fingerprint density at radius 1 is 1.00 bits per heavy atom. The second kappa shape index (κ2) is 8.28. The second-order valence-corrected chi connectivity index (χ2v) is 5.54. The summed E-state index contributed by atoms with van der Waals surface area (Å²) in [7, 11) is 6.36. The van der Waals surface area contributed by atoms with Crippen LogP contribution < -0.4 is 19.5 Å². The van der Waals surface area contributed by atoms with E-state index in [-0.39, 0.29) is 12.1 Å². The summed E-state index contributed by atoms with van der Waals surface area (Å²) in [6.07, 6.45) is 0. The maximum Gasteiger partial charge on any atom is 0.322 e. The molecule has 1 unspecified atom stereocenters. The van der Waals surface area contributed by atoms with Gasteiger partial charge in [0.05, 0.1) is 33.1 Å². The minimum absolute atomic E-state index is 0.0664. The van der Waals surface area contributed by atoms with Crippen molar-refractivity contribution in [2.75, 3.05) is 33.7 Å². The van der Waals surface area contributed by atoms with E-state index in [1.807, 2.05) is 37.3 Å². The SMILES string of the molecule is COc1cc(NC(=O)N(C)C(C)c2ccccc2)cc(OC)c1OC. The Hall–Kier alpha value is -2.89. The van der Waals surface area contributed by atoms with Crippen LogP contribution in [-0.2, 0) is 0 Å². The van der Waals surface area contributed by atoms with Crippen LogP contribution in [0.4, 0.5) is 10.5 Å². The van der Waals surface area contributed by atoms with Gasteiger partial charge in [0, 0.05) is 19.2 Å². The molecule has 6 nitrogen and oxygen atoms in total. The predicted octanol–water partition coefficient (Wildman–Crippen LogP) is 3.94. The van der Waals surface area contributed by atoms with E-state index in [0.717, 1.165) is 5.56 Å². The molecular weight excluding hydrogens is 320 g/mol. The zero-order chi connectivity index (χ0) is 18.4. The minimum atomic E-state index is -0.231. The van der Waals surface area contributed by atoms with Crippen molar-refractivity contribution in [2.24, 2.45) is 0 Å². The molecule has 0 aromatic heterocycles. The van der Waals surface area contributed by atoms with E-state index in [0.29, 0.717) is 22.9 Å². The van der Waals surface area contributed by atoms with Crippen LogP contribution >= 0.6 is 0 Å². The molecule has 25 heavy (non-hydrogen) atoms. The van der Waals surface area contributed by atoms with Gasteiger partial charge in [-0.2, -0.15) is 0 Å². The van der Waals surface area contributed by atoms with Crippen molar-refractivity contribution >= 4 is 11.7 Å². The Morgan fingerprint density at radius 3 is 2.04 bits per heavy atom. The number of carbonyl (C=O) groups excluding carboxylic acids is 1. The van der Waals surface area contributed by atoms with Gasteiger partial charge in [-0.05, 0) is 12.5 Å². The maximum absolute atomic E-state index is 12.6. The van der Waals surface area contributed by atoms with E-state index in [1.165, 1.54) is 21.3 Å². The maximum atomic E-state index is 12.6. The lowest BCUT2D eigenvalue weighted by Gasteiger charge is -2.26. The van der Waals surface area contributed by atoms with Gasteiger partial charge in [0.2, 0.25) is 5.75 Å². The third-order valence-electron chi connectivity index (χ3n) is 4.10. The van der Waals surface area contributed by atoms with E-state index in [9.17, 15) is 4.79 Å². The van der Waals surface area contributed by atoms with Crippen molar-refractivity contribution in [1.82, 2.24) is 4.90 Å². The summed E-state index contributed by atoms with van der Waals surface area (Å²) in [6, 6.07) is 12.9. The van der Waals surface area contributed by atoms with Crippen LogP contribution in [0.25, 0.3) is 0 Å². The molecule has 134 valence electrons. The van der Waals surface area contributed by atoms with Gasteiger partial charge in [-0.3, -0.25) is 0 Å². The highest BCUT2D eigenvalue weighted by molar-refractivity contribution is 5.90. The summed E-state index contributed by atoms with van der Waals surface area (Å²) in [4.78, 5) is 14.2. The van der Waals surface area contributed by atoms with E-state index < -0.39 is 0 Å². The molecule has 1 atom stereocenters. The normalized spacial score (nSPS) is 11.4. The highest BCUT2D eigenvalue weighted by Gasteiger charge is 2.19. The Balaban J connectivity index is 2.19. The van der Waals surface area contributed by atoms with Crippen LogP contribution in [0.2, 0.25) is 0 Å². The number of benzene rings is 2. The third-order valence-corrected chi connectivity index (χ3v) is 4.10. The van der Waals surface area contributed by atoms with Crippen LogP contribution in [0, 0.1) is 0 Å². The minimum Gasteiger partial charge on any atom is -0.493 e. The topological polar surface area (TPSA) is 60.0 Å². The number of nitrogens with zero attached hydrogens (tertiary/aromatic N) is 1. The molecule has 0 radical (unpaired) electrons. The Labute approximate surface area is 148 Å². The number of methoxy groups -OCH3 is 3. The first kappa shape index (κ1) is 18.4. The first-order chi connectivity index (χ1) is 12.0. The highest BCUT2D eigenvalue weighted by atomic mass is 16.5. The molecule has 0 heterocycles. The number of anilines is 1. The van der Waals surface area contributed by atoms with Crippen LogP contribution in [0.1, 0.15) is 18.5 Å². The number of nitrogens with one attached hydrogen (secondary N) is 1. The molecule has 2 amide bonds. The molecule has 0 bridgehead atoms. The van der Waals surface area contributed by atoms with Crippen LogP contribution in [0.3, 0.4) is 0 Å². The fraction of sp³-hybridized carbons (Fsp3) is 0.316. The Bertz CT molecular complexity index is 694. The average Bonchev–Trinajstić information content (AvgIpc) is 2.66. The van der Waals surface area contributed by atoms with Crippen LogP contribution in [0.5, 0.6) is 17.2 Å². The van der Waals surface area contributed by atoms with Crippen molar-refractivity contribution in [3.63, 3.8) is 0 Å². The molecule has 6 heteroatoms. The molecule has 0 saturated heterocycles. The summed E-state index contributed by atoms with van der Waals surface area (Å²) in [5, 5.41) is 2.86. The van der Waals surface area contributed by atoms with Gasteiger partial charge >= 0.3 is 6.03 Å². The first-order valence-electron chi connectivity index (χ1n) is 7.90. The fourth-order valence-corrected chi connectivity index (χ4v) is 2.50. The van der Waals surface area contributed by atoms with Crippen molar-refractivity contribution in [3.05, 3.63) is 48.0 Å². The molecule has 2 aromatic carbocycles. The lowest BCUT2D eigenvalue weighted by atomic mass is 10.1. The van der Waals surface area contributed by atoms with Gasteiger partial charge in [0.1, 0.15) is 0 Å². The molecule has 2 rings (SSSR count). The van der Waals surface area contributed by atoms with Crippen molar-refractivity contribution in [1.29, 1.82) is 0 Å². The van der Waals surface area contributed by atoms with E-state index >= 15 is 0 Å². The molecule has 0 aliphatic rings. The number of amides is 2. The Morgan fingerprint density at radius 2 is 1.56 bits per heavy atom. The molecule has 0 aliphatic heterocycles. The second-order valence-electron chi connectivity index (χ2n) is 5.54. The molecular formula is C19H24N2O4. The van der Waals surface area contributed by atoms with Gasteiger partial charge in [0.25, 0.3) is 0 Å². The number of urea groups is 1. The zero-order valence-corrected chi connectivity index (χ0v) is 15.2. The Kier molecular flexibility index (Phi) is 6.11. The van der Waals surface area contributed by atoms with Crippen molar-refractivity contribution < 1.29 is 19.0 Å². The van der Waals surface area contributed by atoms with Crippen LogP contribution in [-0.4, -0.2) is 39.3 Å². The standard InChI is InChI=1S/C19H24N2O4/c1-13(14-9-7-6-8-10-14)21(2)19(22)20-15-11-16(23-3)18(25-5)17(12-15)24-4/h6-13H,1-5H3,(H,20,22). The summed E-state index contributed by atoms with van der Waals surface area (Å²) in [6.45, 7) is 1.98. The summed E-state index contributed by atoms with van der Waals surface area (Å²) in [5.74, 6) is 1.45. The van der Waals surface area contributed by atoms with Crippen molar-refractivity contribution in [3.8, 4) is 17.2 Å². The van der Waals surface area contributed by atoms with E-state index in [1.54, 1.807) is 24.1 Å². The average molecular weight is 344 g/mol. The first-order valence-corrected chi connectivity index (χ1v) is 7.90. The summed E-state index contributed by atoms with van der Waals surface area (Å²) < 4.78 is 15.9. The number of ether oxygens (including phenoxy) is 3. The van der Waals surface area contributed by atoms with Gasteiger partial charge in [0.15, 0.2) is 11.5 Å². The molecule has 0 saturated carbocycles. The molecule has 2 aromatic rings. The van der Waals surface area contributed by atoms with Gasteiger partial charge < -0.3 is 24.4 Å². The molecule has 0 aliphatic carbocycles. The lowest BCUT2D eigenvalue weighted by molar-refractivity contribution is 0.208. The monoisotopic (exact) mass is 344 g/mol. The van der Waals surface area contributed by atoms with E-state index in [4.69, 9.17) is 14.2 Å². The molecule has 0 spiro atoms. The molecule has 0 fully saturated rings. The number of hydrogen-bond donors (Lipinski definition) is 1. The summed E-state index contributed by atoms with van der Waals surface area (Å²) in [5.41, 5.74) is 1.62. The number of rotatable bonds is 6. The fourth-order valence-electron chi connectivity index (χ4n) is 2.50. The predicted molar refractivity (Wildman–Crippen MR) is 97.7 cm³/mol. The van der Waals surface area contributed by atoms with Gasteiger partial charge in [-0.15, -0.1) is 0 Å². The van der Waals surface area contributed by atoms with Gasteiger partial charge in [-0.1, -0.05) is 30.3 Å². The lowest BCUT2D eigenvalue weighted by Crippen LogP contribution is -2.33. The smallest absolute Gasteiger partial charge is 0.322 e. The number of carbonyl (C=O) groups is 1.